The smallest absolute Gasteiger partial charge is 0.261 e. The van der Waals surface area contributed by atoms with Gasteiger partial charge in [0.05, 0.1) is 27.9 Å². The van der Waals surface area contributed by atoms with Gasteiger partial charge in [-0.05, 0) is 35.4 Å². The summed E-state index contributed by atoms with van der Waals surface area (Å²) < 4.78 is 0. The lowest BCUT2D eigenvalue weighted by Crippen LogP contribution is -2.24. The van der Waals surface area contributed by atoms with E-state index in [2.05, 4.69) is 23.2 Å². The van der Waals surface area contributed by atoms with Crippen molar-refractivity contribution < 1.29 is 9.59 Å². The van der Waals surface area contributed by atoms with Crippen LogP contribution in [0, 0.1) is 0 Å². The molecule has 0 bridgehead atoms. The maximum absolute atomic E-state index is 12.3. The zero-order valence-electron chi connectivity index (χ0n) is 17.2. The highest BCUT2D eigenvalue weighted by Gasteiger charge is 2.32. The molecule has 0 aliphatic carbocycles. The van der Waals surface area contributed by atoms with Crippen LogP contribution in [-0.4, -0.2) is 33.7 Å². The normalized spacial score (nSPS) is 13.2. The van der Waals surface area contributed by atoms with Crippen molar-refractivity contribution >= 4 is 33.6 Å². The second kappa shape index (κ2) is 6.82. The van der Waals surface area contributed by atoms with Crippen molar-refractivity contribution in [3.05, 3.63) is 96.2 Å². The number of hydrogen-bond donors (Lipinski definition) is 0. The van der Waals surface area contributed by atoms with E-state index in [0.29, 0.717) is 11.1 Å². The van der Waals surface area contributed by atoms with E-state index < -0.39 is 0 Å². The number of amides is 2. The molecule has 32 heavy (non-hydrogen) atoms. The van der Waals surface area contributed by atoms with E-state index in [-0.39, 0.29) is 11.8 Å². The minimum atomic E-state index is -0.260. The van der Waals surface area contributed by atoms with Crippen molar-refractivity contribution in [2.75, 3.05) is 7.05 Å². The quantitative estimate of drug-likeness (QED) is 0.288. The Morgan fingerprint density at radius 1 is 0.656 bits per heavy atom. The molecule has 0 radical (unpaired) electrons. The van der Waals surface area contributed by atoms with Crippen LogP contribution in [0.4, 0.5) is 0 Å². The van der Waals surface area contributed by atoms with E-state index in [1.165, 1.54) is 7.05 Å². The van der Waals surface area contributed by atoms with Crippen LogP contribution in [0.1, 0.15) is 20.7 Å². The molecular weight excluding hydrogens is 398 g/mol. The molecule has 0 atom stereocenters. The summed E-state index contributed by atoms with van der Waals surface area (Å²) in [4.78, 5) is 35.0. The fourth-order valence-electron chi connectivity index (χ4n) is 4.26. The van der Waals surface area contributed by atoms with Gasteiger partial charge in [-0.15, -0.1) is 0 Å². The van der Waals surface area contributed by atoms with Crippen LogP contribution in [-0.2, 0) is 0 Å². The number of benzene rings is 3. The number of carbonyl (C=O) groups is 2. The standard InChI is InChI=1S/C27H17N3O2/c1-30-26(31)21-12-10-20(15-22(21)27(30)32)16-4-6-17(7-5-16)23-13-11-19-9-8-18-3-2-14-28-24(18)25(19)29-23/h2-15H,1H3. The number of fused-ring (bicyclic) bond motifs is 4. The molecular formula is C27H17N3O2. The number of carbonyl (C=O) groups excluding carboxylic acids is 2. The fraction of sp³-hybridized carbons (Fsp3) is 0.0370. The van der Waals surface area contributed by atoms with Crippen molar-refractivity contribution in [2.24, 2.45) is 0 Å². The molecule has 2 aromatic heterocycles. The topological polar surface area (TPSA) is 63.2 Å². The second-order valence-corrected chi connectivity index (χ2v) is 7.92. The zero-order chi connectivity index (χ0) is 21.8. The summed E-state index contributed by atoms with van der Waals surface area (Å²) in [7, 11) is 1.51. The van der Waals surface area contributed by atoms with E-state index in [1.54, 1.807) is 18.3 Å². The van der Waals surface area contributed by atoms with Gasteiger partial charge in [-0.25, -0.2) is 4.98 Å². The van der Waals surface area contributed by atoms with Gasteiger partial charge >= 0.3 is 0 Å². The Bertz CT molecular complexity index is 1570. The highest BCUT2D eigenvalue weighted by atomic mass is 16.2. The number of rotatable bonds is 2. The van der Waals surface area contributed by atoms with Crippen LogP contribution < -0.4 is 0 Å². The molecule has 1 aliphatic rings. The van der Waals surface area contributed by atoms with Gasteiger partial charge in [-0.2, -0.15) is 0 Å². The Morgan fingerprint density at radius 2 is 1.31 bits per heavy atom. The molecule has 0 unspecified atom stereocenters. The largest absolute Gasteiger partial charge is 0.277 e. The summed E-state index contributed by atoms with van der Waals surface area (Å²) in [6.45, 7) is 0. The van der Waals surface area contributed by atoms with Crippen LogP contribution >= 0.6 is 0 Å². The molecule has 2 amide bonds. The van der Waals surface area contributed by atoms with Crippen molar-refractivity contribution in [1.29, 1.82) is 0 Å². The summed E-state index contributed by atoms with van der Waals surface area (Å²) in [5.41, 5.74) is 6.43. The summed E-state index contributed by atoms with van der Waals surface area (Å²) in [6.07, 6.45) is 1.79. The molecule has 5 heteroatoms. The Balaban J connectivity index is 1.39. The fourth-order valence-corrected chi connectivity index (χ4v) is 4.26. The number of hydrogen-bond acceptors (Lipinski definition) is 4. The highest BCUT2D eigenvalue weighted by molar-refractivity contribution is 6.21. The molecule has 5 aromatic rings. The third kappa shape index (κ3) is 2.72. The van der Waals surface area contributed by atoms with Gasteiger partial charge < -0.3 is 0 Å². The van der Waals surface area contributed by atoms with Gasteiger partial charge in [0, 0.05) is 29.6 Å². The van der Waals surface area contributed by atoms with Crippen molar-refractivity contribution in [2.45, 2.75) is 0 Å². The molecule has 152 valence electrons. The van der Waals surface area contributed by atoms with Crippen LogP contribution in [0.3, 0.4) is 0 Å². The maximum atomic E-state index is 12.3. The third-order valence-electron chi connectivity index (χ3n) is 6.04. The molecule has 0 N–H and O–H groups in total. The van der Waals surface area contributed by atoms with Gasteiger partial charge in [0.25, 0.3) is 11.8 Å². The molecule has 5 nitrogen and oxygen atoms in total. The first-order valence-electron chi connectivity index (χ1n) is 10.3. The highest BCUT2D eigenvalue weighted by Crippen LogP contribution is 2.30. The van der Waals surface area contributed by atoms with E-state index in [1.807, 2.05) is 48.5 Å². The van der Waals surface area contributed by atoms with Gasteiger partial charge in [0.1, 0.15) is 0 Å². The summed E-state index contributed by atoms with van der Waals surface area (Å²) >= 11 is 0. The van der Waals surface area contributed by atoms with Crippen molar-refractivity contribution in [1.82, 2.24) is 14.9 Å². The Hall–Kier alpha value is -4.38. The average Bonchev–Trinajstić information content (AvgIpc) is 3.07. The summed E-state index contributed by atoms with van der Waals surface area (Å²) in [5.74, 6) is -0.513. The second-order valence-electron chi connectivity index (χ2n) is 7.92. The predicted octanol–water partition coefficient (Wildman–Crippen LogP) is 5.34. The molecule has 0 saturated carbocycles. The SMILES string of the molecule is CN1C(=O)c2ccc(-c3ccc(-c4ccc5ccc6cccnc6c5n4)cc3)cc2C1=O. The van der Waals surface area contributed by atoms with Crippen LogP contribution in [0.25, 0.3) is 44.2 Å². The summed E-state index contributed by atoms with van der Waals surface area (Å²) in [5, 5.41) is 2.12. The van der Waals surface area contributed by atoms with Crippen LogP contribution in [0.5, 0.6) is 0 Å². The molecule has 3 heterocycles. The van der Waals surface area contributed by atoms with Crippen LogP contribution in [0.2, 0.25) is 0 Å². The first-order valence-corrected chi connectivity index (χ1v) is 10.3. The Kier molecular flexibility index (Phi) is 3.92. The summed E-state index contributed by atoms with van der Waals surface area (Å²) in [6, 6.07) is 25.6. The van der Waals surface area contributed by atoms with Gasteiger partial charge in [0.2, 0.25) is 0 Å². The first-order chi connectivity index (χ1) is 15.6. The van der Waals surface area contributed by atoms with Crippen molar-refractivity contribution in [3.63, 3.8) is 0 Å². The minimum absolute atomic E-state index is 0.253. The lowest BCUT2D eigenvalue weighted by Gasteiger charge is -2.08. The molecule has 0 saturated heterocycles. The molecule has 6 rings (SSSR count). The Labute approximate surface area is 184 Å². The van der Waals surface area contributed by atoms with E-state index in [0.717, 1.165) is 49.1 Å². The molecule has 0 fully saturated rings. The van der Waals surface area contributed by atoms with E-state index in [4.69, 9.17) is 4.98 Å². The van der Waals surface area contributed by atoms with Gasteiger partial charge in [0.15, 0.2) is 0 Å². The maximum Gasteiger partial charge on any atom is 0.261 e. The van der Waals surface area contributed by atoms with Crippen molar-refractivity contribution in [3.8, 4) is 22.4 Å². The number of pyridine rings is 2. The predicted molar refractivity (Wildman–Crippen MR) is 124 cm³/mol. The van der Waals surface area contributed by atoms with Gasteiger partial charge in [-0.3, -0.25) is 19.5 Å². The zero-order valence-corrected chi connectivity index (χ0v) is 17.2. The monoisotopic (exact) mass is 415 g/mol. The lowest BCUT2D eigenvalue weighted by molar-refractivity contribution is 0.0693. The van der Waals surface area contributed by atoms with E-state index >= 15 is 0 Å². The van der Waals surface area contributed by atoms with Crippen LogP contribution in [0.15, 0.2) is 85.1 Å². The number of imide groups is 1. The molecule has 0 spiro atoms. The number of aromatic nitrogens is 2. The molecule has 1 aliphatic heterocycles. The number of nitrogens with zero attached hydrogens (tertiary/aromatic N) is 3. The molecule has 3 aromatic carbocycles. The first kappa shape index (κ1) is 18.4. The minimum Gasteiger partial charge on any atom is -0.277 e. The van der Waals surface area contributed by atoms with Gasteiger partial charge in [-0.1, -0.05) is 54.6 Å². The Morgan fingerprint density at radius 3 is 2.12 bits per heavy atom. The average molecular weight is 415 g/mol. The third-order valence-corrected chi connectivity index (χ3v) is 6.04. The lowest BCUT2D eigenvalue weighted by atomic mass is 9.98. The van der Waals surface area contributed by atoms with E-state index in [9.17, 15) is 9.59 Å².